The average molecular weight is 575 g/mol. The van der Waals surface area contributed by atoms with Gasteiger partial charge >= 0.3 is 0 Å². The van der Waals surface area contributed by atoms with Crippen LogP contribution in [0.15, 0.2) is 48.3 Å². The number of nitrogens with one attached hydrogen (secondary N) is 1. The molecule has 2 saturated heterocycles. The smallest absolute Gasteiger partial charge is 0.248 e. The molecule has 3 aliphatic heterocycles. The highest BCUT2D eigenvalue weighted by Crippen LogP contribution is 2.45. The van der Waals surface area contributed by atoms with Crippen molar-refractivity contribution in [3.63, 3.8) is 0 Å². The number of aromatic nitrogens is 4. The third-order valence-corrected chi connectivity index (χ3v) is 8.80. The van der Waals surface area contributed by atoms with Gasteiger partial charge in [-0.3, -0.25) is 14.6 Å². The maximum Gasteiger partial charge on any atom is 0.248 e. The average Bonchev–Trinajstić information content (AvgIpc) is 3.54. The molecule has 0 spiro atoms. The first-order valence-electron chi connectivity index (χ1n) is 14.5. The van der Waals surface area contributed by atoms with Gasteiger partial charge in [0.05, 0.1) is 24.6 Å². The van der Waals surface area contributed by atoms with E-state index >= 15 is 0 Å². The van der Waals surface area contributed by atoms with Gasteiger partial charge in [0.15, 0.2) is 11.4 Å². The van der Waals surface area contributed by atoms with E-state index in [2.05, 4.69) is 15.4 Å². The van der Waals surface area contributed by atoms with Crippen molar-refractivity contribution in [3.8, 4) is 11.1 Å². The number of aliphatic hydroxyl groups excluding tert-OH is 1. The first-order valence-corrected chi connectivity index (χ1v) is 14.5. The third kappa shape index (κ3) is 4.85. The minimum Gasteiger partial charge on any atom is -0.494 e. The van der Waals surface area contributed by atoms with E-state index < -0.39 is 6.61 Å². The van der Waals surface area contributed by atoms with E-state index in [1.54, 1.807) is 23.0 Å². The van der Waals surface area contributed by atoms with Gasteiger partial charge < -0.3 is 20.1 Å². The highest BCUT2D eigenvalue weighted by Gasteiger charge is 2.45. The molecule has 0 radical (unpaired) electrons. The number of Topliss-reactive ketones (excluding diaryl/α,β-unsaturated/α-hetero) is 1. The normalized spacial score (nSPS) is 23.1. The number of halogens is 1. The van der Waals surface area contributed by atoms with E-state index in [9.17, 15) is 19.1 Å². The van der Waals surface area contributed by atoms with E-state index in [0.717, 1.165) is 35.4 Å². The third-order valence-electron chi connectivity index (χ3n) is 8.80. The molecule has 3 aromatic rings. The zero-order chi connectivity index (χ0) is 29.5. The van der Waals surface area contributed by atoms with Gasteiger partial charge in [0.1, 0.15) is 24.0 Å². The summed E-state index contributed by atoms with van der Waals surface area (Å²) in [5, 5.41) is 17.5. The van der Waals surface area contributed by atoms with Crippen LogP contribution in [0.1, 0.15) is 79.5 Å². The summed E-state index contributed by atoms with van der Waals surface area (Å²) in [4.78, 5) is 37.3. The van der Waals surface area contributed by atoms with E-state index in [1.165, 1.54) is 14.0 Å². The molecule has 1 amide bonds. The van der Waals surface area contributed by atoms with Gasteiger partial charge in [0, 0.05) is 59.9 Å². The van der Waals surface area contributed by atoms with Crippen LogP contribution in [0, 0.1) is 0 Å². The van der Waals surface area contributed by atoms with E-state index in [1.807, 2.05) is 30.0 Å². The number of ether oxygens (including phenoxy) is 1. The molecule has 3 aliphatic rings. The van der Waals surface area contributed by atoms with Crippen molar-refractivity contribution in [2.45, 2.75) is 69.9 Å². The van der Waals surface area contributed by atoms with Crippen LogP contribution in [0.4, 0.5) is 10.2 Å². The van der Waals surface area contributed by atoms with Crippen molar-refractivity contribution in [2.24, 2.45) is 0 Å². The fourth-order valence-electron chi connectivity index (χ4n) is 6.74. The van der Waals surface area contributed by atoms with Gasteiger partial charge in [-0.1, -0.05) is 19.1 Å². The van der Waals surface area contributed by atoms with Crippen LogP contribution in [0.25, 0.3) is 16.8 Å². The summed E-state index contributed by atoms with van der Waals surface area (Å²) in [5.74, 6) is 0.221. The minimum atomic E-state index is -0.483. The summed E-state index contributed by atoms with van der Waals surface area (Å²) in [5.41, 5.74) is 4.45. The molecule has 6 heterocycles. The largest absolute Gasteiger partial charge is 0.494 e. The Kier molecular flexibility index (Phi) is 7.53. The van der Waals surface area contributed by atoms with Crippen molar-refractivity contribution in [1.29, 1.82) is 0 Å². The number of carbonyl (C=O) groups excluding carboxylic acids is 2. The fraction of sp³-hybridized carbons (Fsp3) is 0.452. The number of hydrogen-bond acceptors (Lipinski definition) is 8. The van der Waals surface area contributed by atoms with Crippen molar-refractivity contribution < 1.29 is 23.8 Å². The van der Waals surface area contributed by atoms with Gasteiger partial charge in [0.25, 0.3) is 0 Å². The lowest BCUT2D eigenvalue weighted by molar-refractivity contribution is -0.138. The second kappa shape index (κ2) is 11.3. The van der Waals surface area contributed by atoms with E-state index in [4.69, 9.17) is 9.72 Å². The summed E-state index contributed by atoms with van der Waals surface area (Å²) in [6.07, 6.45) is 10.6. The van der Waals surface area contributed by atoms with Crippen LogP contribution in [-0.2, 0) is 9.53 Å². The molecule has 0 aliphatic carbocycles. The Morgan fingerprint density at radius 3 is 2.67 bits per heavy atom. The number of ketones is 1. The van der Waals surface area contributed by atoms with E-state index in [-0.39, 0.29) is 47.2 Å². The molecule has 3 unspecified atom stereocenters. The number of amides is 1. The van der Waals surface area contributed by atoms with Gasteiger partial charge in [0.2, 0.25) is 5.91 Å². The molecule has 3 aromatic heterocycles. The first kappa shape index (κ1) is 28.0. The number of allylic oxidation sites excluding steroid dienone is 3. The van der Waals surface area contributed by atoms with Gasteiger partial charge in [-0.15, -0.1) is 0 Å². The molecule has 2 bridgehead atoms. The lowest BCUT2D eigenvalue weighted by Gasteiger charge is -2.39. The summed E-state index contributed by atoms with van der Waals surface area (Å²) >= 11 is 0. The molecule has 3 atom stereocenters. The molecule has 0 aromatic carbocycles. The highest BCUT2D eigenvalue weighted by atomic mass is 19.1. The molecule has 11 heteroatoms. The first-order chi connectivity index (χ1) is 20.3. The van der Waals surface area contributed by atoms with Crippen LogP contribution in [0.3, 0.4) is 0 Å². The Hall–Kier alpha value is -4.12. The fourth-order valence-corrected chi connectivity index (χ4v) is 6.74. The topological polar surface area (TPSA) is 122 Å². The molecular formula is C31H35FN6O4. The summed E-state index contributed by atoms with van der Waals surface area (Å²) in [6.45, 7) is 3.37. The van der Waals surface area contributed by atoms with Gasteiger partial charge in [-0.2, -0.15) is 9.61 Å². The Balaban J connectivity index is 1.35. The Bertz CT molecular complexity index is 1580. The lowest BCUT2D eigenvalue weighted by atomic mass is 9.84. The number of nitrogens with zero attached hydrogens (tertiary/aromatic N) is 5. The zero-order valence-electron chi connectivity index (χ0n) is 24.0. The molecule has 42 heavy (non-hydrogen) atoms. The molecule has 6 rings (SSSR count). The second-order valence-electron chi connectivity index (χ2n) is 11.3. The van der Waals surface area contributed by atoms with Crippen LogP contribution in [-0.4, -0.2) is 73.6 Å². The number of methoxy groups -OCH3 is 1. The van der Waals surface area contributed by atoms with Crippen molar-refractivity contribution in [2.75, 3.05) is 25.6 Å². The van der Waals surface area contributed by atoms with Crippen LogP contribution in [0.5, 0.6) is 0 Å². The predicted octanol–water partition coefficient (Wildman–Crippen LogP) is 4.53. The maximum absolute atomic E-state index is 13.6. The summed E-state index contributed by atoms with van der Waals surface area (Å²) in [6, 6.07) is 3.97. The van der Waals surface area contributed by atoms with Gasteiger partial charge in [-0.05, 0) is 44.7 Å². The Morgan fingerprint density at radius 2 is 2.02 bits per heavy atom. The number of aliphatic hydroxyl groups is 1. The highest BCUT2D eigenvalue weighted by molar-refractivity contribution is 6.04. The van der Waals surface area contributed by atoms with E-state index in [0.29, 0.717) is 42.8 Å². The number of rotatable bonds is 7. The van der Waals surface area contributed by atoms with Crippen molar-refractivity contribution in [1.82, 2.24) is 24.5 Å². The SMILES string of the molecule is COC(/C=C\C(C)c1ccc(-c2cnn3c4c(c(C5CC6CCC(C5)N6C(=O)CO)nc23)C(=O)CCN4)cn1)=C(/C)F. The molecule has 10 nitrogen and oxygen atoms in total. The summed E-state index contributed by atoms with van der Waals surface area (Å²) < 4.78 is 20.3. The molecule has 2 N–H and O–H groups in total. The Morgan fingerprint density at radius 1 is 1.26 bits per heavy atom. The number of piperidine rings is 1. The molecule has 0 saturated carbocycles. The lowest BCUT2D eigenvalue weighted by Crippen LogP contribution is -2.47. The number of anilines is 1. The van der Waals surface area contributed by atoms with Crippen molar-refractivity contribution >= 4 is 23.2 Å². The summed E-state index contributed by atoms with van der Waals surface area (Å²) in [7, 11) is 1.43. The zero-order valence-corrected chi connectivity index (χ0v) is 24.0. The Labute approximate surface area is 243 Å². The van der Waals surface area contributed by atoms with Crippen LogP contribution in [0.2, 0.25) is 0 Å². The molecule has 2 fully saturated rings. The monoisotopic (exact) mass is 574 g/mol. The number of fused-ring (bicyclic) bond motifs is 5. The van der Waals surface area contributed by atoms with Crippen LogP contribution >= 0.6 is 0 Å². The molecule has 220 valence electrons. The second-order valence-corrected chi connectivity index (χ2v) is 11.3. The number of hydrogen-bond donors (Lipinski definition) is 2. The standard InChI is InChI=1S/C31H35FN6O4/c1-17(4-9-26(42-3)18(2)32)24-8-5-19(14-34-24)23-15-35-38-30(23)36-29(28-25(40)10-11-33-31(28)38)20-12-21-6-7-22(13-20)37(21)27(41)16-39/h4-5,8-9,14-15,17,20-22,33,39H,6-7,10-13,16H2,1-3H3/b9-4-,26-18-. The molecular weight excluding hydrogens is 539 g/mol. The number of pyridine rings is 1. The van der Waals surface area contributed by atoms with Crippen molar-refractivity contribution in [3.05, 3.63) is 65.2 Å². The predicted molar refractivity (Wildman–Crippen MR) is 155 cm³/mol. The quantitative estimate of drug-likeness (QED) is 0.312. The van der Waals surface area contributed by atoms with Gasteiger partial charge in [-0.25, -0.2) is 9.37 Å². The minimum absolute atomic E-state index is 0.0164. The maximum atomic E-state index is 13.6. The van der Waals surface area contributed by atoms with Crippen LogP contribution < -0.4 is 5.32 Å². The number of carbonyl (C=O) groups is 2.